The summed E-state index contributed by atoms with van der Waals surface area (Å²) in [6, 6.07) is 12.5. The number of methoxy groups -OCH3 is 1. The predicted molar refractivity (Wildman–Crippen MR) is 142 cm³/mol. The number of thioether (sulfide) groups is 1. The van der Waals surface area contributed by atoms with Crippen LogP contribution in [0.5, 0.6) is 0 Å². The van der Waals surface area contributed by atoms with Gasteiger partial charge < -0.3 is 19.1 Å². The topological polar surface area (TPSA) is 90.1 Å². The Balaban J connectivity index is 1.82. The van der Waals surface area contributed by atoms with Crippen molar-refractivity contribution >= 4 is 78.9 Å². The molecule has 1 aliphatic rings. The van der Waals surface area contributed by atoms with Crippen LogP contribution in [0.15, 0.2) is 74.4 Å². The Labute approximate surface area is 219 Å². The van der Waals surface area contributed by atoms with Gasteiger partial charge in [-0.2, -0.15) is 0 Å². The number of hydrogen-bond acceptors (Lipinski definition) is 7. The second kappa shape index (κ2) is 10.7. The zero-order valence-corrected chi connectivity index (χ0v) is 21.9. The third kappa shape index (κ3) is 5.47. The lowest BCUT2D eigenvalue weighted by atomic mass is 10.1. The molecule has 4 rings (SSSR count). The number of aliphatic imine (C=N–C) groups is 1. The predicted octanol–water partition coefficient (Wildman–Crippen LogP) is 6.42. The smallest absolute Gasteiger partial charge is 0.344 e. The minimum Gasteiger partial charge on any atom is -0.506 e. The highest BCUT2D eigenvalue weighted by atomic mass is 79.9. The van der Waals surface area contributed by atoms with E-state index >= 15 is 0 Å². The van der Waals surface area contributed by atoms with Crippen LogP contribution in [0.25, 0.3) is 17.0 Å². The molecule has 0 saturated heterocycles. The van der Waals surface area contributed by atoms with Crippen molar-refractivity contribution in [3.05, 3.63) is 80.0 Å². The molecule has 2 aromatic carbocycles. The van der Waals surface area contributed by atoms with Crippen molar-refractivity contribution in [2.24, 2.45) is 4.99 Å². The van der Waals surface area contributed by atoms with Gasteiger partial charge in [0.05, 0.1) is 24.3 Å². The fraction of sp³-hybridized carbons (Fsp3) is 0.160. The number of carbonyl (C=O) groups is 2. The highest BCUT2D eigenvalue weighted by molar-refractivity contribution is 9.10. The number of benzene rings is 2. The summed E-state index contributed by atoms with van der Waals surface area (Å²) in [5.41, 5.74) is 2.14. The van der Waals surface area contributed by atoms with Crippen molar-refractivity contribution < 1.29 is 24.2 Å². The largest absolute Gasteiger partial charge is 0.506 e. The van der Waals surface area contributed by atoms with E-state index in [1.165, 1.54) is 7.11 Å². The van der Waals surface area contributed by atoms with E-state index in [-0.39, 0.29) is 30.5 Å². The summed E-state index contributed by atoms with van der Waals surface area (Å²) in [4.78, 5) is 29.6. The van der Waals surface area contributed by atoms with Gasteiger partial charge in [-0.3, -0.25) is 4.79 Å². The molecule has 0 atom stereocenters. The van der Waals surface area contributed by atoms with Crippen LogP contribution in [0.4, 0.5) is 5.69 Å². The van der Waals surface area contributed by atoms with Crippen LogP contribution >= 0.6 is 39.3 Å². The van der Waals surface area contributed by atoms with Crippen LogP contribution in [0.1, 0.15) is 12.5 Å². The maximum absolute atomic E-state index is 12.7. The summed E-state index contributed by atoms with van der Waals surface area (Å²) >= 11 is 10.6. The zero-order chi connectivity index (χ0) is 25.1. The van der Waals surface area contributed by atoms with Gasteiger partial charge in [0.1, 0.15) is 22.9 Å². The lowest BCUT2D eigenvalue weighted by molar-refractivity contribution is -0.141. The minimum atomic E-state index is -0.663. The Morgan fingerprint density at radius 1 is 1.23 bits per heavy atom. The first kappa shape index (κ1) is 25.1. The molecule has 0 radical (unpaired) electrons. The van der Waals surface area contributed by atoms with E-state index in [1.807, 2.05) is 18.2 Å². The van der Waals surface area contributed by atoms with E-state index in [0.29, 0.717) is 20.7 Å². The third-order valence-electron chi connectivity index (χ3n) is 5.12. The normalized spacial score (nSPS) is 15.9. The van der Waals surface area contributed by atoms with E-state index in [2.05, 4.69) is 20.9 Å². The monoisotopic (exact) mass is 574 g/mol. The molecule has 0 amide bonds. The molecule has 0 bridgehead atoms. The minimum absolute atomic E-state index is 0.00229. The molecular weight excluding hydrogens is 556 g/mol. The first-order valence-corrected chi connectivity index (χ1v) is 12.5. The fourth-order valence-corrected chi connectivity index (χ4v) is 5.03. The Morgan fingerprint density at radius 2 is 1.97 bits per heavy atom. The van der Waals surface area contributed by atoms with Gasteiger partial charge in [0, 0.05) is 32.2 Å². The number of fused-ring (bicyclic) bond motifs is 1. The first-order valence-electron chi connectivity index (χ1n) is 10.5. The number of ether oxygens (including phenoxy) is 2. The van der Waals surface area contributed by atoms with Crippen LogP contribution in [0.3, 0.4) is 0 Å². The van der Waals surface area contributed by atoms with Gasteiger partial charge in [-0.1, -0.05) is 39.3 Å². The summed E-state index contributed by atoms with van der Waals surface area (Å²) in [7, 11) is 1.34. The number of nitrogens with zero attached hydrogens (tertiary/aromatic N) is 2. The molecule has 0 aliphatic carbocycles. The van der Waals surface area contributed by atoms with E-state index in [4.69, 9.17) is 21.1 Å². The second-order valence-corrected chi connectivity index (χ2v) is 9.78. The highest BCUT2D eigenvalue weighted by Gasteiger charge is 2.33. The quantitative estimate of drug-likeness (QED) is 0.341. The van der Waals surface area contributed by atoms with Crippen LogP contribution < -0.4 is 0 Å². The van der Waals surface area contributed by atoms with Gasteiger partial charge in [-0.15, -0.1) is 0 Å². The maximum atomic E-state index is 12.7. The molecule has 180 valence electrons. The third-order valence-corrected chi connectivity index (χ3v) is 6.88. The molecule has 0 spiro atoms. The van der Waals surface area contributed by atoms with Gasteiger partial charge in [-0.05, 0) is 55.5 Å². The van der Waals surface area contributed by atoms with Gasteiger partial charge in [0.25, 0.3) is 0 Å². The zero-order valence-electron chi connectivity index (χ0n) is 18.7. The molecule has 0 fully saturated rings. The van der Waals surface area contributed by atoms with E-state index in [9.17, 15) is 14.7 Å². The Morgan fingerprint density at radius 3 is 2.66 bits per heavy atom. The van der Waals surface area contributed by atoms with Crippen LogP contribution in [-0.2, 0) is 25.6 Å². The van der Waals surface area contributed by atoms with Crippen LogP contribution in [0.2, 0.25) is 5.02 Å². The van der Waals surface area contributed by atoms with Crippen molar-refractivity contribution in [3.8, 4) is 0 Å². The van der Waals surface area contributed by atoms with Gasteiger partial charge >= 0.3 is 11.9 Å². The maximum Gasteiger partial charge on any atom is 0.344 e. The SMILES string of the molecule is CCOC(=O)C1=C(O)/C(=C/c2cn(CC(=O)OC)c3ccc(Br)cc23)SC1=Nc1ccc(Cl)cc1. The molecule has 35 heavy (non-hydrogen) atoms. The number of aliphatic hydroxyl groups is 1. The summed E-state index contributed by atoms with van der Waals surface area (Å²) in [5.74, 6) is -1.27. The Bertz CT molecular complexity index is 1410. The number of carbonyl (C=O) groups excluding carboxylic acids is 2. The molecule has 7 nitrogen and oxygen atoms in total. The molecule has 3 aromatic rings. The summed E-state index contributed by atoms with van der Waals surface area (Å²) in [5, 5.41) is 12.7. The number of rotatable bonds is 6. The number of halogens is 2. The van der Waals surface area contributed by atoms with Gasteiger partial charge in [0.2, 0.25) is 0 Å². The molecule has 10 heteroatoms. The molecular formula is C25H20BrClN2O5S. The molecule has 0 saturated carbocycles. The van der Waals surface area contributed by atoms with Gasteiger partial charge in [0.15, 0.2) is 0 Å². The van der Waals surface area contributed by atoms with Crippen molar-refractivity contribution in [2.75, 3.05) is 13.7 Å². The fourth-order valence-electron chi connectivity index (χ4n) is 3.51. The Hall–Kier alpha value is -3.01. The summed E-state index contributed by atoms with van der Waals surface area (Å²) in [6.07, 6.45) is 3.55. The van der Waals surface area contributed by atoms with Crippen LogP contribution in [0, 0.1) is 0 Å². The van der Waals surface area contributed by atoms with Crippen molar-refractivity contribution in [1.82, 2.24) is 4.57 Å². The number of hydrogen-bond donors (Lipinski definition) is 1. The van der Waals surface area contributed by atoms with E-state index < -0.39 is 5.97 Å². The lowest BCUT2D eigenvalue weighted by Gasteiger charge is -2.03. The summed E-state index contributed by atoms with van der Waals surface area (Å²) in [6.45, 7) is 1.88. The van der Waals surface area contributed by atoms with E-state index in [1.54, 1.807) is 48.0 Å². The second-order valence-electron chi connectivity index (χ2n) is 7.40. The standard InChI is InChI=1S/C25H20BrClN2O5S/c1-3-34-25(32)22-23(31)20(35-24(22)28-17-7-5-16(27)6-8-17)10-14-12-29(13-21(30)33-2)19-9-4-15(26)11-18(14)19/h4-12,31H,3,13H2,1-2H3/b20-10-,28-24?. The molecule has 0 unspecified atom stereocenters. The first-order chi connectivity index (χ1) is 16.8. The number of esters is 2. The van der Waals surface area contributed by atoms with Crippen molar-refractivity contribution in [3.63, 3.8) is 0 Å². The van der Waals surface area contributed by atoms with Crippen LogP contribution in [-0.4, -0.2) is 40.4 Å². The van der Waals surface area contributed by atoms with Gasteiger partial charge in [-0.25, -0.2) is 9.79 Å². The van der Waals surface area contributed by atoms with Crippen molar-refractivity contribution in [1.29, 1.82) is 0 Å². The molecule has 1 aromatic heterocycles. The average molecular weight is 576 g/mol. The lowest BCUT2D eigenvalue weighted by Crippen LogP contribution is -2.12. The molecule has 1 N–H and O–H groups in total. The number of aromatic nitrogens is 1. The number of aliphatic hydroxyl groups excluding tert-OH is 1. The van der Waals surface area contributed by atoms with E-state index in [0.717, 1.165) is 32.7 Å². The highest BCUT2D eigenvalue weighted by Crippen LogP contribution is 2.41. The van der Waals surface area contributed by atoms with Crippen molar-refractivity contribution in [2.45, 2.75) is 13.5 Å². The summed E-state index contributed by atoms with van der Waals surface area (Å²) < 4.78 is 12.6. The molecule has 2 heterocycles. The average Bonchev–Trinajstić information content (AvgIpc) is 3.31. The Kier molecular flexibility index (Phi) is 7.69. The molecule has 1 aliphatic heterocycles.